The number of hydrogen-bond donors (Lipinski definition) is 1. The van der Waals surface area contributed by atoms with E-state index in [1.807, 2.05) is 13.8 Å². The highest BCUT2D eigenvalue weighted by Crippen LogP contribution is 2.24. The van der Waals surface area contributed by atoms with E-state index in [1.54, 1.807) is 7.11 Å². The van der Waals surface area contributed by atoms with Crippen molar-refractivity contribution in [3.8, 4) is 0 Å². The van der Waals surface area contributed by atoms with Gasteiger partial charge < -0.3 is 10.1 Å². The molecule has 0 bridgehead atoms. The first-order valence-electron chi connectivity index (χ1n) is 4.89. The minimum absolute atomic E-state index is 0.0916. The van der Waals surface area contributed by atoms with Gasteiger partial charge in [0.2, 0.25) is 0 Å². The number of nitrogens with one attached hydrogen (secondary N) is 1. The Morgan fingerprint density at radius 3 is 2.44 bits per heavy atom. The molecule has 0 saturated carbocycles. The van der Waals surface area contributed by atoms with Gasteiger partial charge in [-0.05, 0) is 35.8 Å². The monoisotopic (exact) mass is 293 g/mol. The summed E-state index contributed by atoms with van der Waals surface area (Å²) < 4.78 is 31.9. The summed E-state index contributed by atoms with van der Waals surface area (Å²) in [7, 11) is 1.57. The molecule has 1 rings (SSSR count). The Kier molecular flexibility index (Phi) is 4.68. The van der Waals surface area contributed by atoms with Crippen molar-refractivity contribution in [2.45, 2.75) is 26.0 Å². The van der Waals surface area contributed by atoms with Gasteiger partial charge in [-0.15, -0.1) is 0 Å². The maximum Gasteiger partial charge on any atom is 0.147 e. The lowest BCUT2D eigenvalue weighted by molar-refractivity contribution is 0.106. The van der Waals surface area contributed by atoms with Crippen molar-refractivity contribution in [2.75, 3.05) is 12.4 Å². The largest absolute Gasteiger partial charge is 0.380 e. The molecule has 1 aromatic carbocycles. The Morgan fingerprint density at radius 1 is 1.25 bits per heavy atom. The molecule has 0 spiro atoms. The van der Waals surface area contributed by atoms with Crippen molar-refractivity contribution in [3.05, 3.63) is 28.2 Å². The van der Waals surface area contributed by atoms with Crippen LogP contribution in [0.4, 0.5) is 14.5 Å². The molecular weight excluding hydrogens is 280 g/mol. The van der Waals surface area contributed by atoms with Gasteiger partial charge in [-0.2, -0.15) is 0 Å². The first kappa shape index (κ1) is 13.4. The van der Waals surface area contributed by atoms with Crippen molar-refractivity contribution in [1.82, 2.24) is 0 Å². The van der Waals surface area contributed by atoms with Gasteiger partial charge in [0.05, 0.1) is 16.3 Å². The number of anilines is 1. The average molecular weight is 294 g/mol. The topological polar surface area (TPSA) is 21.3 Å². The lowest BCUT2D eigenvalue weighted by Crippen LogP contribution is -2.30. The summed E-state index contributed by atoms with van der Waals surface area (Å²) in [6.45, 7) is 3.69. The van der Waals surface area contributed by atoms with E-state index in [4.69, 9.17) is 4.74 Å². The highest BCUT2D eigenvalue weighted by molar-refractivity contribution is 9.10. The predicted octanol–water partition coefficient (Wildman–Crippen LogP) is 3.56. The molecule has 0 amide bonds. The van der Waals surface area contributed by atoms with Gasteiger partial charge in [0.1, 0.15) is 11.6 Å². The van der Waals surface area contributed by atoms with Gasteiger partial charge in [-0.25, -0.2) is 8.78 Å². The summed E-state index contributed by atoms with van der Waals surface area (Å²) in [5, 5.41) is 2.87. The molecule has 2 atom stereocenters. The van der Waals surface area contributed by atoms with Crippen LogP contribution in [0, 0.1) is 11.6 Å². The van der Waals surface area contributed by atoms with Crippen molar-refractivity contribution < 1.29 is 13.5 Å². The number of hydrogen-bond acceptors (Lipinski definition) is 2. The highest BCUT2D eigenvalue weighted by Gasteiger charge is 2.14. The van der Waals surface area contributed by atoms with Crippen LogP contribution >= 0.6 is 15.9 Å². The Hall–Kier alpha value is -0.680. The Balaban J connectivity index is 2.85. The molecule has 1 aromatic rings. The van der Waals surface area contributed by atoms with Crippen LogP contribution in [0.2, 0.25) is 0 Å². The lowest BCUT2D eigenvalue weighted by atomic mass is 10.2. The van der Waals surface area contributed by atoms with Gasteiger partial charge in [0, 0.05) is 19.2 Å². The zero-order valence-electron chi connectivity index (χ0n) is 9.35. The number of rotatable bonds is 4. The number of benzene rings is 1. The second kappa shape index (κ2) is 5.59. The van der Waals surface area contributed by atoms with Gasteiger partial charge in [0.25, 0.3) is 0 Å². The number of methoxy groups -OCH3 is 1. The zero-order valence-corrected chi connectivity index (χ0v) is 10.9. The first-order chi connectivity index (χ1) is 7.45. The third kappa shape index (κ3) is 3.15. The standard InChI is InChI=1S/C11H14BrF2NO/c1-6(7(2)16-3)15-11-5-9(13)8(12)4-10(11)14/h4-7,15H,1-3H3. The fourth-order valence-corrected chi connectivity index (χ4v) is 1.52. The summed E-state index contributed by atoms with van der Waals surface area (Å²) in [5.41, 5.74) is 0.136. The molecule has 2 nitrogen and oxygen atoms in total. The molecule has 90 valence electrons. The van der Waals surface area contributed by atoms with Crippen LogP contribution < -0.4 is 5.32 Å². The fourth-order valence-electron chi connectivity index (χ4n) is 1.20. The van der Waals surface area contributed by atoms with E-state index < -0.39 is 11.6 Å². The number of halogens is 3. The summed E-state index contributed by atoms with van der Waals surface area (Å²) in [5.74, 6) is -0.996. The molecule has 0 fully saturated rings. The summed E-state index contributed by atoms with van der Waals surface area (Å²) in [4.78, 5) is 0. The second-order valence-corrected chi connectivity index (χ2v) is 4.47. The van der Waals surface area contributed by atoms with E-state index >= 15 is 0 Å². The molecule has 5 heteroatoms. The molecule has 0 heterocycles. The lowest BCUT2D eigenvalue weighted by Gasteiger charge is -2.21. The van der Waals surface area contributed by atoms with E-state index in [1.165, 1.54) is 0 Å². The maximum atomic E-state index is 13.5. The Labute approximate surface area is 102 Å². The van der Waals surface area contributed by atoms with Gasteiger partial charge in [-0.3, -0.25) is 0 Å². The van der Waals surface area contributed by atoms with E-state index in [2.05, 4.69) is 21.2 Å². The molecule has 0 saturated heterocycles. The normalized spacial score (nSPS) is 14.6. The molecule has 0 aromatic heterocycles. The third-order valence-electron chi connectivity index (χ3n) is 2.47. The molecule has 16 heavy (non-hydrogen) atoms. The summed E-state index contributed by atoms with van der Waals surface area (Å²) in [6.07, 6.45) is -0.0916. The van der Waals surface area contributed by atoms with Crippen LogP contribution in [0.3, 0.4) is 0 Å². The molecule has 0 aliphatic carbocycles. The molecular formula is C11H14BrF2NO. The van der Waals surface area contributed by atoms with E-state index in [0.29, 0.717) is 0 Å². The molecule has 0 aliphatic heterocycles. The fraction of sp³-hybridized carbons (Fsp3) is 0.455. The van der Waals surface area contributed by atoms with Crippen LogP contribution in [-0.2, 0) is 4.74 Å². The Bertz CT molecular complexity index is 373. The summed E-state index contributed by atoms with van der Waals surface area (Å²) >= 11 is 2.92. The van der Waals surface area contributed by atoms with Crippen LogP contribution in [0.25, 0.3) is 0 Å². The summed E-state index contributed by atoms with van der Waals surface area (Å²) in [6, 6.07) is 2.11. The first-order valence-corrected chi connectivity index (χ1v) is 5.69. The predicted molar refractivity (Wildman–Crippen MR) is 63.6 cm³/mol. The SMILES string of the molecule is COC(C)C(C)Nc1cc(F)c(Br)cc1F. The van der Waals surface area contributed by atoms with Crippen molar-refractivity contribution in [2.24, 2.45) is 0 Å². The van der Waals surface area contributed by atoms with Gasteiger partial charge in [0.15, 0.2) is 0 Å². The Morgan fingerprint density at radius 2 is 1.88 bits per heavy atom. The van der Waals surface area contributed by atoms with Crippen LogP contribution in [0.1, 0.15) is 13.8 Å². The smallest absolute Gasteiger partial charge is 0.147 e. The molecule has 0 radical (unpaired) electrons. The van der Waals surface area contributed by atoms with Gasteiger partial charge >= 0.3 is 0 Å². The molecule has 2 unspecified atom stereocenters. The highest BCUT2D eigenvalue weighted by atomic mass is 79.9. The van der Waals surface area contributed by atoms with Crippen molar-refractivity contribution in [1.29, 1.82) is 0 Å². The second-order valence-electron chi connectivity index (χ2n) is 3.62. The van der Waals surface area contributed by atoms with E-state index in [9.17, 15) is 8.78 Å². The van der Waals surface area contributed by atoms with Crippen LogP contribution in [0.5, 0.6) is 0 Å². The van der Waals surface area contributed by atoms with E-state index in [0.717, 1.165) is 12.1 Å². The number of ether oxygens (including phenoxy) is 1. The van der Waals surface area contributed by atoms with Crippen molar-refractivity contribution >= 4 is 21.6 Å². The van der Waals surface area contributed by atoms with Gasteiger partial charge in [-0.1, -0.05) is 0 Å². The van der Waals surface area contributed by atoms with E-state index in [-0.39, 0.29) is 22.3 Å². The maximum absolute atomic E-state index is 13.5. The average Bonchev–Trinajstić information content (AvgIpc) is 2.24. The minimum Gasteiger partial charge on any atom is -0.380 e. The third-order valence-corrected chi connectivity index (χ3v) is 3.08. The minimum atomic E-state index is -0.499. The van der Waals surface area contributed by atoms with Crippen LogP contribution in [-0.4, -0.2) is 19.3 Å². The van der Waals surface area contributed by atoms with Crippen molar-refractivity contribution in [3.63, 3.8) is 0 Å². The van der Waals surface area contributed by atoms with Crippen LogP contribution in [0.15, 0.2) is 16.6 Å². The molecule has 0 aliphatic rings. The quantitative estimate of drug-likeness (QED) is 0.857. The zero-order chi connectivity index (χ0) is 12.3. The molecule has 1 N–H and O–H groups in total.